The van der Waals surface area contributed by atoms with Gasteiger partial charge in [-0.2, -0.15) is 0 Å². The van der Waals surface area contributed by atoms with Crippen LogP contribution in [0.25, 0.3) is 0 Å². The third kappa shape index (κ3) is 5.31. The van der Waals surface area contributed by atoms with Crippen molar-refractivity contribution in [3.8, 4) is 0 Å². The van der Waals surface area contributed by atoms with Gasteiger partial charge in [0.15, 0.2) is 0 Å². The van der Waals surface area contributed by atoms with Crippen LogP contribution in [-0.4, -0.2) is 81.6 Å². The molecule has 1 unspecified atom stereocenters. The fraction of sp³-hybridized carbons (Fsp3) is 0.500. The summed E-state index contributed by atoms with van der Waals surface area (Å²) in [6.07, 6.45) is 3.68. The summed E-state index contributed by atoms with van der Waals surface area (Å²) in [6.45, 7) is 3.69. The molecule has 1 saturated heterocycles. The van der Waals surface area contributed by atoms with Crippen LogP contribution in [-0.2, 0) is 17.8 Å². The van der Waals surface area contributed by atoms with Crippen molar-refractivity contribution in [3.05, 3.63) is 53.5 Å². The van der Waals surface area contributed by atoms with Crippen molar-refractivity contribution in [1.29, 1.82) is 0 Å². The number of amides is 2. The molecule has 9 nitrogen and oxygen atoms in total. The number of aliphatic hydroxyl groups excluding tert-OH is 1. The number of carbonyl (C=O) groups is 2. The van der Waals surface area contributed by atoms with E-state index in [2.05, 4.69) is 43.7 Å². The zero-order valence-electron chi connectivity index (χ0n) is 18.6. The highest BCUT2D eigenvalue weighted by Gasteiger charge is 2.39. The van der Waals surface area contributed by atoms with Crippen molar-refractivity contribution in [2.75, 3.05) is 38.0 Å². The van der Waals surface area contributed by atoms with Gasteiger partial charge in [-0.05, 0) is 30.4 Å². The van der Waals surface area contributed by atoms with E-state index in [0.717, 1.165) is 32.4 Å². The molecule has 1 aliphatic carbocycles. The van der Waals surface area contributed by atoms with Gasteiger partial charge in [0.05, 0.1) is 12.1 Å². The number of hydrogen-bond acceptors (Lipinski definition) is 7. The van der Waals surface area contributed by atoms with Crippen LogP contribution < -0.4 is 10.6 Å². The van der Waals surface area contributed by atoms with E-state index >= 15 is 0 Å². The predicted octanol–water partition coefficient (Wildman–Crippen LogP) is 0.658. The van der Waals surface area contributed by atoms with E-state index in [9.17, 15) is 14.7 Å². The zero-order chi connectivity index (χ0) is 22.8. The Morgan fingerprint density at radius 1 is 1.15 bits per heavy atom. The van der Waals surface area contributed by atoms with Crippen LogP contribution in [0, 0.1) is 5.92 Å². The number of hydrogen-bond donors (Lipinski definition) is 3. The van der Waals surface area contributed by atoms with Crippen LogP contribution in [0.3, 0.4) is 0 Å². The van der Waals surface area contributed by atoms with Crippen molar-refractivity contribution in [2.24, 2.45) is 5.92 Å². The summed E-state index contributed by atoms with van der Waals surface area (Å²) in [4.78, 5) is 36.9. The summed E-state index contributed by atoms with van der Waals surface area (Å²) < 4.78 is 0. The fourth-order valence-corrected chi connectivity index (χ4v) is 4.48. The van der Waals surface area contributed by atoms with Gasteiger partial charge < -0.3 is 20.6 Å². The standard InChI is InChI=1S/C24H30N6O3/c31-20(14-29-8-7-16-3-1-2-4-18(16)11-29)10-25-23(32)21-9-22(27-15-26-21)28-19-12-30(13-19)24(33)17-5-6-17/h1-4,9,15,17,19-20,31H,5-8,10-14H2,(H,25,32)(H,26,27,28). The molecule has 1 atom stereocenters. The Hall–Kier alpha value is -3.04. The number of rotatable bonds is 8. The smallest absolute Gasteiger partial charge is 0.270 e. The molecule has 3 aliphatic rings. The molecule has 1 saturated carbocycles. The first-order chi connectivity index (χ1) is 16.0. The maximum Gasteiger partial charge on any atom is 0.270 e. The second-order valence-corrected chi connectivity index (χ2v) is 9.26. The summed E-state index contributed by atoms with van der Waals surface area (Å²) >= 11 is 0. The Morgan fingerprint density at radius 2 is 1.94 bits per heavy atom. The summed E-state index contributed by atoms with van der Waals surface area (Å²) in [7, 11) is 0. The molecule has 0 spiro atoms. The minimum Gasteiger partial charge on any atom is -0.390 e. The van der Waals surface area contributed by atoms with Crippen molar-refractivity contribution >= 4 is 17.6 Å². The van der Waals surface area contributed by atoms with Gasteiger partial charge in [0.25, 0.3) is 5.91 Å². The van der Waals surface area contributed by atoms with Gasteiger partial charge in [0.2, 0.25) is 5.91 Å². The number of fused-ring (bicyclic) bond motifs is 1. The van der Waals surface area contributed by atoms with Gasteiger partial charge in [-0.25, -0.2) is 9.97 Å². The summed E-state index contributed by atoms with van der Waals surface area (Å²) in [5.74, 6) is 0.707. The molecule has 5 rings (SSSR count). The van der Waals surface area contributed by atoms with Gasteiger partial charge in [-0.15, -0.1) is 0 Å². The van der Waals surface area contributed by atoms with Crippen molar-refractivity contribution in [3.63, 3.8) is 0 Å². The molecule has 2 aliphatic heterocycles. The lowest BCUT2D eigenvalue weighted by atomic mass is 10.00. The van der Waals surface area contributed by atoms with Gasteiger partial charge in [-0.3, -0.25) is 14.5 Å². The molecule has 3 N–H and O–H groups in total. The minimum atomic E-state index is -0.663. The zero-order valence-corrected chi connectivity index (χ0v) is 18.6. The molecule has 1 aromatic carbocycles. The van der Waals surface area contributed by atoms with Crippen LogP contribution in [0.4, 0.5) is 5.82 Å². The highest BCUT2D eigenvalue weighted by Crippen LogP contribution is 2.32. The van der Waals surface area contributed by atoms with E-state index in [0.29, 0.717) is 25.5 Å². The Morgan fingerprint density at radius 3 is 2.73 bits per heavy atom. The van der Waals surface area contributed by atoms with Crippen molar-refractivity contribution in [1.82, 2.24) is 25.1 Å². The molecule has 2 aromatic rings. The molecule has 174 valence electrons. The number of benzene rings is 1. The van der Waals surface area contributed by atoms with Gasteiger partial charge in [0, 0.05) is 51.3 Å². The number of aromatic nitrogens is 2. The summed E-state index contributed by atoms with van der Waals surface area (Å²) in [6, 6.07) is 10.1. The number of anilines is 1. The molecule has 2 amide bonds. The molecule has 2 fully saturated rings. The van der Waals surface area contributed by atoms with Crippen molar-refractivity contribution in [2.45, 2.75) is 38.0 Å². The van der Waals surface area contributed by atoms with Gasteiger partial charge >= 0.3 is 0 Å². The fourth-order valence-electron chi connectivity index (χ4n) is 4.48. The van der Waals surface area contributed by atoms with E-state index < -0.39 is 6.10 Å². The molecule has 9 heteroatoms. The molecule has 0 radical (unpaired) electrons. The second kappa shape index (κ2) is 9.44. The minimum absolute atomic E-state index is 0.134. The van der Waals surface area contributed by atoms with E-state index in [1.807, 2.05) is 11.0 Å². The summed E-state index contributed by atoms with van der Waals surface area (Å²) in [5.41, 5.74) is 2.91. The summed E-state index contributed by atoms with van der Waals surface area (Å²) in [5, 5.41) is 16.5. The normalized spacial score (nSPS) is 19.4. The number of likely N-dealkylation sites (tertiary alicyclic amines) is 1. The monoisotopic (exact) mass is 450 g/mol. The van der Waals surface area contributed by atoms with Gasteiger partial charge in [0.1, 0.15) is 17.8 Å². The number of nitrogens with zero attached hydrogens (tertiary/aromatic N) is 4. The quantitative estimate of drug-likeness (QED) is 0.542. The lowest BCUT2D eigenvalue weighted by Crippen LogP contribution is -2.57. The maximum atomic E-state index is 12.5. The van der Waals surface area contributed by atoms with E-state index in [1.54, 1.807) is 6.07 Å². The van der Waals surface area contributed by atoms with E-state index in [4.69, 9.17) is 0 Å². The first-order valence-corrected chi connectivity index (χ1v) is 11.7. The topological polar surface area (TPSA) is 111 Å². The Bertz CT molecular complexity index is 1020. The van der Waals surface area contributed by atoms with E-state index in [-0.39, 0.29) is 36.0 Å². The lowest BCUT2D eigenvalue weighted by Gasteiger charge is -2.40. The molecule has 0 bridgehead atoms. The highest BCUT2D eigenvalue weighted by atomic mass is 16.3. The highest BCUT2D eigenvalue weighted by molar-refractivity contribution is 5.92. The molecule has 33 heavy (non-hydrogen) atoms. The first kappa shape index (κ1) is 21.8. The maximum absolute atomic E-state index is 12.5. The third-order valence-corrected chi connectivity index (χ3v) is 6.55. The average molecular weight is 451 g/mol. The lowest BCUT2D eigenvalue weighted by molar-refractivity contribution is -0.136. The van der Waals surface area contributed by atoms with Gasteiger partial charge in [-0.1, -0.05) is 24.3 Å². The molecule has 1 aromatic heterocycles. The first-order valence-electron chi connectivity index (χ1n) is 11.7. The van der Waals surface area contributed by atoms with Crippen LogP contribution >= 0.6 is 0 Å². The van der Waals surface area contributed by atoms with Crippen LogP contribution in [0.5, 0.6) is 0 Å². The number of β-amino-alcohol motifs (C(OH)–C–C–N with tert-alkyl or cyclic N) is 1. The molecular formula is C24H30N6O3. The Balaban J connectivity index is 1.06. The Labute approximate surface area is 193 Å². The van der Waals surface area contributed by atoms with Crippen LogP contribution in [0.1, 0.15) is 34.5 Å². The number of carbonyl (C=O) groups excluding carboxylic acids is 2. The van der Waals surface area contributed by atoms with Crippen molar-refractivity contribution < 1.29 is 14.7 Å². The third-order valence-electron chi connectivity index (χ3n) is 6.55. The SMILES string of the molecule is O=C(NCC(O)CN1CCc2ccccc2C1)c1cc(NC2CN(C(=O)C3CC3)C2)ncn1. The Kier molecular flexibility index (Phi) is 6.24. The number of aliphatic hydroxyl groups is 1. The second-order valence-electron chi connectivity index (χ2n) is 9.26. The van der Waals surface area contributed by atoms with Crippen LogP contribution in [0.15, 0.2) is 36.7 Å². The van der Waals surface area contributed by atoms with E-state index in [1.165, 1.54) is 17.5 Å². The predicted molar refractivity (Wildman–Crippen MR) is 123 cm³/mol. The average Bonchev–Trinajstić information content (AvgIpc) is 3.65. The van der Waals surface area contributed by atoms with Crippen LogP contribution in [0.2, 0.25) is 0 Å². The number of nitrogens with one attached hydrogen (secondary N) is 2. The molecular weight excluding hydrogens is 420 g/mol. The molecule has 3 heterocycles. The largest absolute Gasteiger partial charge is 0.390 e.